The zero-order valence-corrected chi connectivity index (χ0v) is 6.83. The van der Waals surface area contributed by atoms with Gasteiger partial charge < -0.3 is 5.73 Å². The van der Waals surface area contributed by atoms with Crippen LogP contribution in [0.25, 0.3) is 0 Å². The topological polar surface area (TPSA) is 55.1 Å². The molecule has 6 heteroatoms. The van der Waals surface area contributed by atoms with Crippen LogP contribution in [-0.2, 0) is 4.79 Å². The van der Waals surface area contributed by atoms with E-state index in [1.54, 1.807) is 0 Å². The van der Waals surface area contributed by atoms with Crippen molar-refractivity contribution < 1.29 is 18.0 Å². The minimum absolute atomic E-state index is 0.0267. The maximum absolute atomic E-state index is 12.2. The van der Waals surface area contributed by atoms with Crippen LogP contribution in [0.4, 0.5) is 13.2 Å². The quantitative estimate of drug-likeness (QED) is 0.667. The number of hydrogen-bond donors (Lipinski definition) is 2. The van der Waals surface area contributed by atoms with Crippen molar-refractivity contribution in [2.24, 2.45) is 5.73 Å². The summed E-state index contributed by atoms with van der Waals surface area (Å²) in [5.74, 6) is -1.42. The van der Waals surface area contributed by atoms with Crippen LogP contribution in [0, 0.1) is 0 Å². The molecular weight excluding hydrogens is 173 g/mol. The van der Waals surface area contributed by atoms with Gasteiger partial charge in [-0.1, -0.05) is 6.92 Å². The van der Waals surface area contributed by atoms with Gasteiger partial charge in [-0.15, -0.1) is 0 Å². The van der Waals surface area contributed by atoms with E-state index < -0.39 is 17.6 Å². The lowest BCUT2D eigenvalue weighted by molar-refractivity contribution is -0.193. The molecule has 0 fully saturated rings. The number of nitrogens with two attached hydrogens (primary N) is 1. The van der Waals surface area contributed by atoms with Crippen LogP contribution >= 0.6 is 0 Å². The molecule has 0 aromatic heterocycles. The lowest BCUT2D eigenvalue weighted by Gasteiger charge is -2.29. The van der Waals surface area contributed by atoms with Crippen molar-refractivity contribution in [2.45, 2.75) is 25.6 Å². The van der Waals surface area contributed by atoms with Gasteiger partial charge in [0.1, 0.15) is 0 Å². The Bertz CT molecular complexity index is 180. The summed E-state index contributed by atoms with van der Waals surface area (Å²) in [5.41, 5.74) is 2.00. The highest BCUT2D eigenvalue weighted by Gasteiger charge is 2.55. The van der Waals surface area contributed by atoms with Gasteiger partial charge in [0.2, 0.25) is 5.91 Å². The van der Waals surface area contributed by atoms with Crippen LogP contribution in [0.2, 0.25) is 0 Å². The average molecular weight is 184 g/mol. The van der Waals surface area contributed by atoms with E-state index >= 15 is 0 Å². The zero-order chi connectivity index (χ0) is 9.99. The number of primary amides is 1. The van der Waals surface area contributed by atoms with Gasteiger partial charge in [-0.05, 0) is 13.5 Å². The number of halogens is 3. The molecule has 0 rings (SSSR count). The molecule has 1 amide bonds. The normalized spacial score (nSPS) is 17.1. The molecule has 0 spiro atoms. The standard InChI is InChI=1S/C6H11F3N2O/c1-3-11-5(2,4(10)12)6(7,8)9/h11H,3H2,1-2H3,(H2,10,12). The first-order valence-electron chi connectivity index (χ1n) is 3.37. The second-order valence-electron chi connectivity index (χ2n) is 2.52. The minimum atomic E-state index is -4.66. The fourth-order valence-corrected chi connectivity index (χ4v) is 0.681. The maximum Gasteiger partial charge on any atom is 0.415 e. The molecule has 0 aliphatic carbocycles. The number of alkyl halides is 3. The van der Waals surface area contributed by atoms with Crippen molar-refractivity contribution in [3.05, 3.63) is 0 Å². The Kier molecular flexibility index (Phi) is 3.09. The number of carbonyl (C=O) groups is 1. The third kappa shape index (κ3) is 1.88. The van der Waals surface area contributed by atoms with Gasteiger partial charge in [-0.25, -0.2) is 0 Å². The largest absolute Gasteiger partial charge is 0.415 e. The van der Waals surface area contributed by atoms with Crippen LogP contribution in [0.15, 0.2) is 0 Å². The SMILES string of the molecule is CCNC(C)(C(N)=O)C(F)(F)F. The smallest absolute Gasteiger partial charge is 0.368 e. The van der Waals surface area contributed by atoms with Crippen LogP contribution in [0.3, 0.4) is 0 Å². The number of likely N-dealkylation sites (N-methyl/N-ethyl adjacent to an activating group) is 1. The van der Waals surface area contributed by atoms with Crippen molar-refractivity contribution in [1.82, 2.24) is 5.32 Å². The van der Waals surface area contributed by atoms with Gasteiger partial charge in [0, 0.05) is 0 Å². The van der Waals surface area contributed by atoms with E-state index in [0.29, 0.717) is 0 Å². The van der Waals surface area contributed by atoms with E-state index in [1.807, 2.05) is 5.32 Å². The van der Waals surface area contributed by atoms with Crippen molar-refractivity contribution >= 4 is 5.91 Å². The van der Waals surface area contributed by atoms with Crippen molar-refractivity contribution in [1.29, 1.82) is 0 Å². The molecule has 3 nitrogen and oxygen atoms in total. The fraction of sp³-hybridized carbons (Fsp3) is 0.833. The van der Waals surface area contributed by atoms with E-state index in [0.717, 1.165) is 6.92 Å². The molecule has 0 bridgehead atoms. The lowest BCUT2D eigenvalue weighted by Crippen LogP contribution is -2.62. The molecule has 0 aliphatic rings. The van der Waals surface area contributed by atoms with Gasteiger partial charge >= 0.3 is 6.18 Å². The molecule has 12 heavy (non-hydrogen) atoms. The predicted molar refractivity (Wildman–Crippen MR) is 37.3 cm³/mol. The average Bonchev–Trinajstić information content (AvgIpc) is 1.85. The number of hydrogen-bond acceptors (Lipinski definition) is 2. The Balaban J connectivity index is 4.75. The van der Waals surface area contributed by atoms with Crippen LogP contribution in [-0.4, -0.2) is 24.2 Å². The summed E-state index contributed by atoms with van der Waals surface area (Å²) >= 11 is 0. The second-order valence-corrected chi connectivity index (χ2v) is 2.52. The van der Waals surface area contributed by atoms with Gasteiger partial charge in [0.25, 0.3) is 0 Å². The Morgan fingerprint density at radius 1 is 1.50 bits per heavy atom. The summed E-state index contributed by atoms with van der Waals surface area (Å²) in [4.78, 5) is 10.5. The molecule has 0 radical (unpaired) electrons. The predicted octanol–water partition coefficient (Wildman–Crippen LogP) is 0.402. The maximum atomic E-state index is 12.2. The molecule has 0 saturated carbocycles. The third-order valence-corrected chi connectivity index (χ3v) is 1.59. The Hall–Kier alpha value is -0.780. The van der Waals surface area contributed by atoms with Crippen molar-refractivity contribution in [3.8, 4) is 0 Å². The number of amides is 1. The second kappa shape index (κ2) is 3.30. The first kappa shape index (κ1) is 11.2. The first-order valence-corrected chi connectivity index (χ1v) is 3.37. The van der Waals surface area contributed by atoms with Crippen LogP contribution in [0.1, 0.15) is 13.8 Å². The van der Waals surface area contributed by atoms with Gasteiger partial charge in [-0.2, -0.15) is 13.2 Å². The minimum Gasteiger partial charge on any atom is -0.368 e. The number of carbonyl (C=O) groups excluding carboxylic acids is 1. The third-order valence-electron chi connectivity index (χ3n) is 1.59. The Morgan fingerprint density at radius 2 is 1.92 bits per heavy atom. The molecule has 1 unspecified atom stereocenters. The molecule has 72 valence electrons. The van der Waals surface area contributed by atoms with E-state index in [-0.39, 0.29) is 6.54 Å². The molecule has 0 aromatic carbocycles. The Labute approximate surface area is 68.1 Å². The summed E-state index contributed by atoms with van der Waals surface area (Å²) in [5, 5.41) is 2.00. The van der Waals surface area contributed by atoms with Gasteiger partial charge in [-0.3, -0.25) is 10.1 Å². The van der Waals surface area contributed by atoms with E-state index in [9.17, 15) is 18.0 Å². The van der Waals surface area contributed by atoms with Crippen LogP contribution < -0.4 is 11.1 Å². The van der Waals surface area contributed by atoms with E-state index in [4.69, 9.17) is 0 Å². The van der Waals surface area contributed by atoms with Crippen molar-refractivity contribution in [2.75, 3.05) is 6.54 Å². The summed E-state index contributed by atoms with van der Waals surface area (Å²) in [7, 11) is 0. The molecule has 3 N–H and O–H groups in total. The molecular formula is C6H11F3N2O. The van der Waals surface area contributed by atoms with E-state index in [1.165, 1.54) is 6.92 Å². The fourth-order valence-electron chi connectivity index (χ4n) is 0.681. The summed E-state index contributed by atoms with van der Waals surface area (Å²) in [6, 6.07) is 0. The molecule has 0 aromatic rings. The summed E-state index contributed by atoms with van der Waals surface area (Å²) < 4.78 is 36.5. The highest BCUT2D eigenvalue weighted by molar-refractivity contribution is 5.85. The van der Waals surface area contributed by atoms with E-state index in [2.05, 4.69) is 5.73 Å². The highest BCUT2D eigenvalue weighted by atomic mass is 19.4. The lowest BCUT2D eigenvalue weighted by atomic mass is 10.0. The Morgan fingerprint density at radius 3 is 2.00 bits per heavy atom. The summed E-state index contributed by atoms with van der Waals surface area (Å²) in [6.45, 7) is 2.21. The van der Waals surface area contributed by atoms with Crippen LogP contribution in [0.5, 0.6) is 0 Å². The molecule has 1 atom stereocenters. The molecule has 0 saturated heterocycles. The molecule has 0 heterocycles. The highest BCUT2D eigenvalue weighted by Crippen LogP contribution is 2.29. The van der Waals surface area contributed by atoms with Gasteiger partial charge in [0.05, 0.1) is 0 Å². The first-order chi connectivity index (χ1) is 5.25. The monoisotopic (exact) mass is 184 g/mol. The zero-order valence-electron chi connectivity index (χ0n) is 6.83. The van der Waals surface area contributed by atoms with Crippen molar-refractivity contribution in [3.63, 3.8) is 0 Å². The molecule has 0 aliphatic heterocycles. The number of rotatable bonds is 3. The summed E-state index contributed by atoms with van der Waals surface area (Å²) in [6.07, 6.45) is -4.66. The van der Waals surface area contributed by atoms with Gasteiger partial charge in [0.15, 0.2) is 5.54 Å². The number of nitrogens with one attached hydrogen (secondary N) is 1.